The molecule has 0 fully saturated rings. The molecule has 3 rings (SSSR count). The molecule has 2 aromatic carbocycles. The molecular weight excluding hydrogens is 372 g/mol. The lowest BCUT2D eigenvalue weighted by Crippen LogP contribution is -2.12. The van der Waals surface area contributed by atoms with Crippen LogP contribution in [0.1, 0.15) is 29.3 Å². The van der Waals surface area contributed by atoms with E-state index in [9.17, 15) is 9.35 Å². The Morgan fingerprint density at radius 3 is 2.71 bits per heavy atom. The number of hydrogen-bond donors (Lipinski definition) is 1. The largest absolute Gasteiger partial charge is 0.616 e. The van der Waals surface area contributed by atoms with Crippen LogP contribution in [0.2, 0.25) is 0 Å². The summed E-state index contributed by atoms with van der Waals surface area (Å²) in [4.78, 5) is 17.1. The van der Waals surface area contributed by atoms with Crippen molar-refractivity contribution >= 4 is 39.2 Å². The van der Waals surface area contributed by atoms with E-state index in [0.717, 1.165) is 22.3 Å². The van der Waals surface area contributed by atoms with Gasteiger partial charge in [-0.25, -0.2) is 0 Å². The number of carbonyl (C=O) groups is 1. The van der Waals surface area contributed by atoms with E-state index in [1.54, 1.807) is 12.5 Å². The van der Waals surface area contributed by atoms with Gasteiger partial charge in [-0.05, 0) is 24.6 Å². The highest BCUT2D eigenvalue weighted by Crippen LogP contribution is 2.34. The SMILES string of the molecule is CCC(=O)c1cnc2c(OCC[S+](C)[O-])cccc2c1Nc1ccccc1C. The summed E-state index contributed by atoms with van der Waals surface area (Å²) in [7, 11) is 0. The van der Waals surface area contributed by atoms with Crippen molar-refractivity contribution in [2.24, 2.45) is 0 Å². The van der Waals surface area contributed by atoms with E-state index in [1.807, 2.05) is 56.3 Å². The van der Waals surface area contributed by atoms with Gasteiger partial charge in [0.05, 0.1) is 17.5 Å². The Hall–Kier alpha value is -2.57. The van der Waals surface area contributed by atoms with E-state index < -0.39 is 11.2 Å². The summed E-state index contributed by atoms with van der Waals surface area (Å²) in [6.07, 6.45) is 3.66. The number of benzene rings is 2. The summed E-state index contributed by atoms with van der Waals surface area (Å²) < 4.78 is 17.1. The number of pyridine rings is 1. The minimum Gasteiger partial charge on any atom is -0.616 e. The highest BCUT2D eigenvalue weighted by atomic mass is 32.2. The normalized spacial score (nSPS) is 12.0. The Balaban J connectivity index is 2.09. The number of fused-ring (bicyclic) bond motifs is 1. The Kier molecular flexibility index (Phi) is 6.54. The average Bonchev–Trinajstić information content (AvgIpc) is 2.69. The Bertz CT molecular complexity index is 989. The van der Waals surface area contributed by atoms with Gasteiger partial charge in [-0.15, -0.1) is 0 Å². The average molecular weight is 397 g/mol. The molecule has 0 bridgehead atoms. The molecule has 0 saturated carbocycles. The number of aromatic nitrogens is 1. The molecule has 0 aliphatic carbocycles. The molecule has 0 aliphatic heterocycles. The second-order valence-electron chi connectivity index (χ2n) is 6.54. The monoisotopic (exact) mass is 396 g/mol. The van der Waals surface area contributed by atoms with Crippen LogP contribution in [0.3, 0.4) is 0 Å². The van der Waals surface area contributed by atoms with E-state index in [1.165, 1.54) is 0 Å². The predicted octanol–water partition coefficient (Wildman–Crippen LogP) is 4.64. The maximum absolute atomic E-state index is 12.5. The quantitative estimate of drug-likeness (QED) is 0.444. The molecular formula is C22H24N2O3S. The maximum atomic E-state index is 12.5. The molecule has 0 saturated heterocycles. The molecule has 1 unspecified atom stereocenters. The smallest absolute Gasteiger partial charge is 0.166 e. The summed E-state index contributed by atoms with van der Waals surface area (Å²) in [5.41, 5.74) is 3.99. The van der Waals surface area contributed by atoms with Crippen molar-refractivity contribution in [3.63, 3.8) is 0 Å². The van der Waals surface area contributed by atoms with E-state index in [0.29, 0.717) is 35.6 Å². The number of rotatable bonds is 8. The fourth-order valence-electron chi connectivity index (χ4n) is 2.97. The van der Waals surface area contributed by atoms with Gasteiger partial charge in [-0.3, -0.25) is 9.78 Å². The van der Waals surface area contributed by atoms with Crippen LogP contribution in [0.5, 0.6) is 5.75 Å². The number of ketones is 1. The minimum atomic E-state index is -0.920. The molecule has 1 atom stereocenters. The van der Waals surface area contributed by atoms with Gasteiger partial charge in [-0.1, -0.05) is 48.4 Å². The zero-order valence-corrected chi connectivity index (χ0v) is 17.1. The van der Waals surface area contributed by atoms with Gasteiger partial charge in [0.2, 0.25) is 0 Å². The number of ether oxygens (including phenoxy) is 1. The maximum Gasteiger partial charge on any atom is 0.166 e. The van der Waals surface area contributed by atoms with Crippen LogP contribution in [0, 0.1) is 6.92 Å². The molecule has 0 radical (unpaired) electrons. The van der Waals surface area contributed by atoms with Crippen molar-refractivity contribution in [2.45, 2.75) is 20.3 Å². The third kappa shape index (κ3) is 4.46. The standard InChI is InChI=1S/C22H24N2O3S/c1-4-19(25)17-14-23-22-16(9-7-11-20(22)27-12-13-28(3)26)21(17)24-18-10-6-5-8-15(18)2/h5-11,14H,4,12-13H2,1-3H3,(H,23,24). The van der Waals surface area contributed by atoms with Crippen molar-refractivity contribution in [1.29, 1.82) is 0 Å². The number of anilines is 2. The van der Waals surface area contributed by atoms with Crippen LogP contribution in [0.4, 0.5) is 11.4 Å². The number of nitrogens with one attached hydrogen (secondary N) is 1. The lowest BCUT2D eigenvalue weighted by Gasteiger charge is -2.17. The topological polar surface area (TPSA) is 74.3 Å². The van der Waals surface area contributed by atoms with Crippen LogP contribution >= 0.6 is 0 Å². The highest BCUT2D eigenvalue weighted by molar-refractivity contribution is 7.90. The van der Waals surface area contributed by atoms with Gasteiger partial charge < -0.3 is 14.6 Å². The molecule has 1 N–H and O–H groups in total. The number of carbonyl (C=O) groups excluding carboxylic acids is 1. The first kappa shape index (κ1) is 20.2. The molecule has 0 spiro atoms. The number of hydrogen-bond acceptors (Lipinski definition) is 5. The number of para-hydroxylation sites is 2. The van der Waals surface area contributed by atoms with Gasteiger partial charge >= 0.3 is 0 Å². The first-order chi connectivity index (χ1) is 13.5. The van der Waals surface area contributed by atoms with Crippen LogP contribution in [-0.2, 0) is 11.2 Å². The minimum absolute atomic E-state index is 0.0261. The lowest BCUT2D eigenvalue weighted by atomic mass is 10.0. The molecule has 3 aromatic rings. The summed E-state index contributed by atoms with van der Waals surface area (Å²) in [5, 5.41) is 4.25. The second-order valence-corrected chi connectivity index (χ2v) is 8.10. The van der Waals surface area contributed by atoms with Gasteiger partial charge in [0.15, 0.2) is 5.78 Å². The van der Waals surface area contributed by atoms with Gasteiger partial charge in [-0.2, -0.15) is 0 Å². The molecule has 6 heteroatoms. The fraction of sp³-hybridized carbons (Fsp3) is 0.273. The zero-order valence-electron chi connectivity index (χ0n) is 16.3. The molecule has 0 amide bonds. The third-order valence-corrected chi connectivity index (χ3v) is 5.26. The summed E-state index contributed by atoms with van der Waals surface area (Å²) in [6.45, 7) is 4.21. The molecule has 1 heterocycles. The van der Waals surface area contributed by atoms with Crippen molar-refractivity contribution in [3.8, 4) is 5.75 Å². The Labute approximate surface area is 168 Å². The van der Waals surface area contributed by atoms with Gasteiger partial charge in [0, 0.05) is 23.7 Å². The first-order valence-electron chi connectivity index (χ1n) is 9.21. The Morgan fingerprint density at radius 2 is 2.00 bits per heavy atom. The molecule has 146 valence electrons. The van der Waals surface area contributed by atoms with Crippen molar-refractivity contribution in [1.82, 2.24) is 4.98 Å². The lowest BCUT2D eigenvalue weighted by molar-refractivity contribution is 0.0988. The second kappa shape index (κ2) is 9.08. The number of aryl methyl sites for hydroxylation is 1. The Morgan fingerprint density at radius 1 is 1.21 bits per heavy atom. The van der Waals surface area contributed by atoms with Gasteiger partial charge in [0.1, 0.15) is 23.6 Å². The van der Waals surface area contributed by atoms with E-state index in [2.05, 4.69) is 10.3 Å². The van der Waals surface area contributed by atoms with Crippen LogP contribution < -0.4 is 10.1 Å². The predicted molar refractivity (Wildman–Crippen MR) is 115 cm³/mol. The molecule has 5 nitrogen and oxygen atoms in total. The van der Waals surface area contributed by atoms with Crippen LogP contribution in [-0.4, -0.2) is 33.9 Å². The van der Waals surface area contributed by atoms with Crippen molar-refractivity contribution in [2.75, 3.05) is 23.9 Å². The van der Waals surface area contributed by atoms with Crippen molar-refractivity contribution in [3.05, 3.63) is 59.8 Å². The van der Waals surface area contributed by atoms with Crippen LogP contribution in [0.25, 0.3) is 10.9 Å². The summed E-state index contributed by atoms with van der Waals surface area (Å²) >= 11 is -0.920. The zero-order chi connectivity index (χ0) is 20.1. The van der Waals surface area contributed by atoms with E-state index in [4.69, 9.17) is 4.74 Å². The summed E-state index contributed by atoms with van der Waals surface area (Å²) in [6, 6.07) is 13.6. The van der Waals surface area contributed by atoms with Gasteiger partial charge in [0.25, 0.3) is 0 Å². The fourth-order valence-corrected chi connectivity index (χ4v) is 3.28. The van der Waals surface area contributed by atoms with Crippen LogP contribution in [0.15, 0.2) is 48.7 Å². The van der Waals surface area contributed by atoms with E-state index in [-0.39, 0.29) is 5.78 Å². The first-order valence-corrected chi connectivity index (χ1v) is 10.9. The molecule has 0 aliphatic rings. The number of nitrogens with zero attached hydrogens (tertiary/aromatic N) is 1. The molecule has 1 aromatic heterocycles. The van der Waals surface area contributed by atoms with Crippen molar-refractivity contribution < 1.29 is 14.1 Å². The number of Topliss-reactive ketones (excluding diaryl/α,β-unsaturated/α-hetero) is 1. The molecule has 28 heavy (non-hydrogen) atoms. The highest BCUT2D eigenvalue weighted by Gasteiger charge is 2.17. The summed E-state index contributed by atoms with van der Waals surface area (Å²) in [5.74, 6) is 1.10. The third-order valence-electron chi connectivity index (χ3n) is 4.52. The van der Waals surface area contributed by atoms with E-state index >= 15 is 0 Å².